The van der Waals surface area contributed by atoms with Gasteiger partial charge in [-0.3, -0.25) is 4.79 Å². The Morgan fingerprint density at radius 2 is 1.73 bits per heavy atom. The number of amides is 1. The number of aryl methyl sites for hydroxylation is 1. The lowest BCUT2D eigenvalue weighted by atomic mass is 9.89. The molecule has 0 unspecified atom stereocenters. The van der Waals surface area contributed by atoms with Gasteiger partial charge in [-0.25, -0.2) is 13.4 Å². The van der Waals surface area contributed by atoms with Crippen molar-refractivity contribution in [2.45, 2.75) is 49.0 Å². The minimum atomic E-state index is -3.51. The molecule has 1 aromatic heterocycles. The number of carbonyl (C=O) groups excluding carboxylic acids is 1. The van der Waals surface area contributed by atoms with E-state index in [9.17, 15) is 18.3 Å². The lowest BCUT2D eigenvalue weighted by molar-refractivity contribution is -0.140. The molecule has 3 aliphatic rings. The molecule has 3 aliphatic heterocycles. The molecule has 0 atom stereocenters. The quantitative estimate of drug-likeness (QED) is 0.452. The summed E-state index contributed by atoms with van der Waals surface area (Å²) in [7, 11) is -3.51. The summed E-state index contributed by atoms with van der Waals surface area (Å²) in [4.78, 5) is 25.8. The number of likely N-dealkylation sites (tertiary alicyclic amines) is 1. The number of rotatable bonds is 6. The first-order valence-electron chi connectivity index (χ1n) is 13.7. The van der Waals surface area contributed by atoms with E-state index in [1.165, 1.54) is 5.56 Å². The Kier molecular flexibility index (Phi) is 7.41. The van der Waals surface area contributed by atoms with Crippen molar-refractivity contribution in [2.75, 3.05) is 42.1 Å². The minimum Gasteiger partial charge on any atom is -0.389 e. The summed E-state index contributed by atoms with van der Waals surface area (Å²) in [6, 6.07) is 15.4. The molecule has 11 heteroatoms. The number of halogens is 1. The number of sulfone groups is 1. The molecule has 4 heterocycles. The van der Waals surface area contributed by atoms with Crippen LogP contribution in [0.5, 0.6) is 0 Å². The molecular weight excluding hydrogens is 550 g/mol. The van der Waals surface area contributed by atoms with E-state index in [-0.39, 0.29) is 23.0 Å². The van der Waals surface area contributed by atoms with Gasteiger partial charge >= 0.3 is 0 Å². The lowest BCUT2D eigenvalue weighted by Gasteiger charge is -2.35. The van der Waals surface area contributed by atoms with Gasteiger partial charge < -0.3 is 20.2 Å². The highest BCUT2D eigenvalue weighted by molar-refractivity contribution is 7.91. The fraction of sp³-hybridized carbons (Fsp3) is 0.414. The van der Waals surface area contributed by atoms with Crippen LogP contribution in [0.4, 0.5) is 17.5 Å². The van der Waals surface area contributed by atoms with Crippen LogP contribution in [0.3, 0.4) is 0 Å². The van der Waals surface area contributed by atoms with Crippen LogP contribution in [0, 0.1) is 0 Å². The molecule has 0 bridgehead atoms. The highest BCUT2D eigenvalue weighted by Gasteiger charge is 2.32. The zero-order valence-electron chi connectivity index (χ0n) is 22.1. The van der Waals surface area contributed by atoms with E-state index in [0.29, 0.717) is 55.0 Å². The van der Waals surface area contributed by atoms with Gasteiger partial charge in [-0.05, 0) is 67.0 Å². The molecular formula is C29H32ClN5O4S. The highest BCUT2D eigenvalue weighted by atomic mass is 35.5. The molecule has 2 fully saturated rings. The van der Waals surface area contributed by atoms with Crippen LogP contribution in [0.2, 0.25) is 5.02 Å². The average Bonchev–Trinajstić information content (AvgIpc) is 2.92. The Balaban J connectivity index is 1.21. The summed E-state index contributed by atoms with van der Waals surface area (Å²) < 4.78 is 26.2. The number of aromatic nitrogens is 2. The van der Waals surface area contributed by atoms with Crippen molar-refractivity contribution in [3.63, 3.8) is 0 Å². The molecule has 210 valence electrons. The Morgan fingerprint density at radius 1 is 1.02 bits per heavy atom. The van der Waals surface area contributed by atoms with Crippen LogP contribution >= 0.6 is 11.6 Å². The standard InChI is InChI=1S/C29H32ClN5O4S/c30-22-7-5-20(6-8-22)21-11-13-34(14-12-21)29-32-25-2-1-15-40(38,39)27(25)28(33-29)31-23-9-3-19(4-10-23)16-26(37)35-17-24(36)18-35/h3-10,21,24,36H,1-2,11-18H2,(H,31,32,33). The Hall–Kier alpha value is -3.21. The van der Waals surface area contributed by atoms with E-state index in [4.69, 9.17) is 21.6 Å². The first kappa shape index (κ1) is 27.0. The van der Waals surface area contributed by atoms with Crippen molar-refractivity contribution < 1.29 is 18.3 Å². The average molecular weight is 582 g/mol. The number of aliphatic hydroxyl groups excluding tert-OH is 1. The lowest BCUT2D eigenvalue weighted by Crippen LogP contribution is -2.53. The van der Waals surface area contributed by atoms with Gasteiger partial charge in [-0.15, -0.1) is 0 Å². The third kappa shape index (κ3) is 5.66. The molecule has 9 nitrogen and oxygen atoms in total. The van der Waals surface area contributed by atoms with Crippen molar-refractivity contribution in [3.05, 3.63) is 70.4 Å². The third-order valence-electron chi connectivity index (χ3n) is 7.97. The topological polar surface area (TPSA) is 116 Å². The van der Waals surface area contributed by atoms with Gasteiger partial charge in [0.2, 0.25) is 11.9 Å². The molecule has 3 aromatic rings. The molecule has 1 amide bonds. The van der Waals surface area contributed by atoms with Crippen LogP contribution in [-0.2, 0) is 27.5 Å². The van der Waals surface area contributed by atoms with Crippen LogP contribution in [0.25, 0.3) is 0 Å². The fourth-order valence-corrected chi connectivity index (χ4v) is 7.43. The zero-order valence-corrected chi connectivity index (χ0v) is 23.7. The van der Waals surface area contributed by atoms with E-state index in [2.05, 4.69) is 22.3 Å². The number of nitrogens with one attached hydrogen (secondary N) is 1. The molecule has 0 saturated carbocycles. The molecule has 6 rings (SSSR count). The number of nitrogens with zero attached hydrogens (tertiary/aromatic N) is 4. The van der Waals surface area contributed by atoms with Crippen molar-refractivity contribution in [1.82, 2.24) is 14.9 Å². The maximum absolute atomic E-state index is 13.1. The third-order valence-corrected chi connectivity index (χ3v) is 10.1. The summed E-state index contributed by atoms with van der Waals surface area (Å²) in [6.07, 6.45) is 2.84. The van der Waals surface area contributed by atoms with E-state index in [1.807, 2.05) is 36.4 Å². The van der Waals surface area contributed by atoms with Crippen molar-refractivity contribution in [3.8, 4) is 0 Å². The molecule has 0 radical (unpaired) electrons. The van der Waals surface area contributed by atoms with E-state index in [1.54, 1.807) is 4.90 Å². The molecule has 2 saturated heterocycles. The van der Waals surface area contributed by atoms with Gasteiger partial charge in [0.15, 0.2) is 15.7 Å². The van der Waals surface area contributed by atoms with Crippen LogP contribution < -0.4 is 10.2 Å². The summed E-state index contributed by atoms with van der Waals surface area (Å²) in [5, 5.41) is 13.4. The molecule has 40 heavy (non-hydrogen) atoms. The maximum atomic E-state index is 13.1. The predicted molar refractivity (Wildman–Crippen MR) is 154 cm³/mol. The second kappa shape index (κ2) is 11.0. The minimum absolute atomic E-state index is 0.0218. The van der Waals surface area contributed by atoms with E-state index < -0.39 is 15.9 Å². The number of piperidine rings is 1. The highest BCUT2D eigenvalue weighted by Crippen LogP contribution is 2.35. The smallest absolute Gasteiger partial charge is 0.227 e. The van der Waals surface area contributed by atoms with Crippen LogP contribution in [-0.4, -0.2) is 72.3 Å². The molecule has 0 spiro atoms. The summed E-state index contributed by atoms with van der Waals surface area (Å²) in [5.41, 5.74) is 3.37. The largest absolute Gasteiger partial charge is 0.389 e. The van der Waals surface area contributed by atoms with Gasteiger partial charge in [0, 0.05) is 36.9 Å². The van der Waals surface area contributed by atoms with Crippen molar-refractivity contribution >= 4 is 44.8 Å². The van der Waals surface area contributed by atoms with Gasteiger partial charge in [-0.1, -0.05) is 35.9 Å². The summed E-state index contributed by atoms with van der Waals surface area (Å²) >= 11 is 6.06. The van der Waals surface area contributed by atoms with E-state index in [0.717, 1.165) is 36.5 Å². The van der Waals surface area contributed by atoms with Crippen molar-refractivity contribution in [2.24, 2.45) is 0 Å². The number of benzene rings is 2. The first-order valence-corrected chi connectivity index (χ1v) is 15.7. The number of carbonyl (C=O) groups is 1. The molecule has 2 N–H and O–H groups in total. The maximum Gasteiger partial charge on any atom is 0.227 e. The van der Waals surface area contributed by atoms with Crippen molar-refractivity contribution in [1.29, 1.82) is 0 Å². The Morgan fingerprint density at radius 3 is 2.40 bits per heavy atom. The second-order valence-electron chi connectivity index (χ2n) is 10.8. The number of hydrogen-bond acceptors (Lipinski definition) is 8. The zero-order chi connectivity index (χ0) is 27.9. The normalized spacial score (nSPS) is 19.1. The number of fused-ring (bicyclic) bond motifs is 1. The summed E-state index contributed by atoms with van der Waals surface area (Å²) in [5.74, 6) is 1.34. The summed E-state index contributed by atoms with van der Waals surface area (Å²) in [6.45, 7) is 2.31. The van der Waals surface area contributed by atoms with Crippen LogP contribution in [0.1, 0.15) is 42.0 Å². The Bertz CT molecular complexity index is 1500. The first-order chi connectivity index (χ1) is 19.2. The van der Waals surface area contributed by atoms with Gasteiger partial charge in [-0.2, -0.15) is 4.98 Å². The SMILES string of the molecule is O=C(Cc1ccc(Nc2nc(N3CCC(c4ccc(Cl)cc4)CC3)nc3c2S(=O)(=O)CCC3)cc1)N1CC(O)C1. The predicted octanol–water partition coefficient (Wildman–Crippen LogP) is 3.72. The van der Waals surface area contributed by atoms with Gasteiger partial charge in [0.1, 0.15) is 4.90 Å². The fourth-order valence-electron chi connectivity index (χ4n) is 5.67. The monoisotopic (exact) mass is 581 g/mol. The van der Waals surface area contributed by atoms with Gasteiger partial charge in [0.25, 0.3) is 0 Å². The Labute approximate surface area is 239 Å². The number of aliphatic hydroxyl groups is 1. The number of β-amino-alcohol motifs (C(OH)–C–C–N with tert-alkyl or cyclic N) is 1. The number of hydrogen-bond donors (Lipinski definition) is 2. The number of anilines is 3. The molecule has 0 aliphatic carbocycles. The van der Waals surface area contributed by atoms with Crippen LogP contribution in [0.15, 0.2) is 53.4 Å². The second-order valence-corrected chi connectivity index (χ2v) is 13.3. The van der Waals surface area contributed by atoms with E-state index >= 15 is 0 Å². The molecule has 2 aromatic carbocycles. The van der Waals surface area contributed by atoms with Gasteiger partial charge in [0.05, 0.1) is 24.0 Å².